The van der Waals surface area contributed by atoms with Crippen LogP contribution in [0.3, 0.4) is 0 Å². The van der Waals surface area contributed by atoms with Gasteiger partial charge in [-0.1, -0.05) is 0 Å². The summed E-state index contributed by atoms with van der Waals surface area (Å²) >= 11 is 0. The predicted molar refractivity (Wildman–Crippen MR) is 118 cm³/mol. The van der Waals surface area contributed by atoms with Gasteiger partial charge < -0.3 is 24.8 Å². The molecule has 4 rings (SSSR count). The van der Waals surface area contributed by atoms with E-state index in [0.717, 1.165) is 37.2 Å². The normalized spacial score (nSPS) is 17.5. The number of alkyl halides is 3. The fraction of sp³-hybridized carbons (Fsp3) is 0.391. The van der Waals surface area contributed by atoms with E-state index in [1.807, 2.05) is 28.3 Å². The molecule has 0 atom stereocenters. The smallest absolute Gasteiger partial charge is 0.406 e. The third-order valence-electron chi connectivity index (χ3n) is 5.83. The zero-order chi connectivity index (χ0) is 23.4. The number of nitrogens with zero attached hydrogens (tertiary/aromatic N) is 4. The summed E-state index contributed by atoms with van der Waals surface area (Å²) in [5, 5.41) is 3.05. The van der Waals surface area contributed by atoms with Gasteiger partial charge in [0.05, 0.1) is 18.6 Å². The first kappa shape index (κ1) is 22.9. The van der Waals surface area contributed by atoms with Crippen LogP contribution in [0.2, 0.25) is 0 Å². The number of benzene rings is 1. The molecule has 0 radical (unpaired) electrons. The van der Waals surface area contributed by atoms with Crippen LogP contribution < -0.4 is 15.0 Å². The Bertz CT molecular complexity index is 988. The number of anilines is 2. The number of likely N-dealkylation sites (tertiary alicyclic amines) is 1. The van der Waals surface area contributed by atoms with E-state index in [1.165, 1.54) is 12.1 Å². The Morgan fingerprint density at radius 1 is 1.15 bits per heavy atom. The van der Waals surface area contributed by atoms with E-state index in [9.17, 15) is 18.0 Å². The van der Waals surface area contributed by atoms with Crippen molar-refractivity contribution in [2.24, 2.45) is 5.92 Å². The summed E-state index contributed by atoms with van der Waals surface area (Å²) in [6, 6.07) is 7.62. The van der Waals surface area contributed by atoms with Gasteiger partial charge in [-0.2, -0.15) is 0 Å². The molecule has 176 valence electrons. The minimum atomic E-state index is -4.71. The SMILES string of the molecule is CN1CCC(C(=O)Nc2cnccc2CN2C=CN(c3ccc(OC(F)(F)F)cc3)C2)CC1. The summed E-state index contributed by atoms with van der Waals surface area (Å²) < 4.78 is 41.0. The molecule has 1 aromatic carbocycles. The van der Waals surface area contributed by atoms with E-state index >= 15 is 0 Å². The number of halogens is 3. The average Bonchev–Trinajstić information content (AvgIpc) is 3.23. The highest BCUT2D eigenvalue weighted by molar-refractivity contribution is 5.93. The molecular formula is C23H26F3N5O2. The summed E-state index contributed by atoms with van der Waals surface area (Å²) in [5.41, 5.74) is 2.38. The Morgan fingerprint density at radius 2 is 1.88 bits per heavy atom. The maximum atomic E-state index is 12.7. The van der Waals surface area contributed by atoms with E-state index in [4.69, 9.17) is 0 Å². The predicted octanol–water partition coefficient (Wildman–Crippen LogP) is 4.01. The van der Waals surface area contributed by atoms with Crippen LogP contribution in [-0.4, -0.2) is 53.9 Å². The molecule has 1 N–H and O–H groups in total. The Balaban J connectivity index is 1.35. The molecule has 3 heterocycles. The maximum absolute atomic E-state index is 12.7. The number of rotatable bonds is 6. The van der Waals surface area contributed by atoms with Crippen LogP contribution in [0.25, 0.3) is 0 Å². The second-order valence-corrected chi connectivity index (χ2v) is 8.30. The number of hydrogen-bond acceptors (Lipinski definition) is 6. The molecule has 0 saturated carbocycles. The van der Waals surface area contributed by atoms with Crippen LogP contribution >= 0.6 is 0 Å². The molecule has 0 unspecified atom stereocenters. The molecule has 7 nitrogen and oxygen atoms in total. The second-order valence-electron chi connectivity index (χ2n) is 8.30. The lowest BCUT2D eigenvalue weighted by Crippen LogP contribution is -2.36. The zero-order valence-electron chi connectivity index (χ0n) is 18.3. The molecule has 1 aromatic heterocycles. The van der Waals surface area contributed by atoms with Crippen molar-refractivity contribution in [1.29, 1.82) is 0 Å². The van der Waals surface area contributed by atoms with E-state index in [2.05, 4.69) is 27.0 Å². The molecule has 1 fully saturated rings. The summed E-state index contributed by atoms with van der Waals surface area (Å²) in [7, 11) is 2.06. The minimum absolute atomic E-state index is 0.000673. The third-order valence-corrected chi connectivity index (χ3v) is 5.83. The summed E-state index contributed by atoms with van der Waals surface area (Å²) in [5.74, 6) is -0.231. The van der Waals surface area contributed by atoms with Crippen molar-refractivity contribution in [2.75, 3.05) is 37.0 Å². The Hall–Kier alpha value is -3.27. The van der Waals surface area contributed by atoms with Gasteiger partial charge in [0.2, 0.25) is 5.91 Å². The lowest BCUT2D eigenvalue weighted by molar-refractivity contribution is -0.274. The number of carbonyl (C=O) groups is 1. The van der Waals surface area contributed by atoms with Crippen molar-refractivity contribution in [3.8, 4) is 5.75 Å². The van der Waals surface area contributed by atoms with E-state index < -0.39 is 6.36 Å². The molecule has 1 saturated heterocycles. The van der Waals surface area contributed by atoms with Crippen molar-refractivity contribution in [3.05, 3.63) is 60.7 Å². The fourth-order valence-corrected chi connectivity index (χ4v) is 3.97. The van der Waals surface area contributed by atoms with Gasteiger partial charge in [0.25, 0.3) is 0 Å². The van der Waals surface area contributed by atoms with Crippen molar-refractivity contribution < 1.29 is 22.7 Å². The lowest BCUT2D eigenvalue weighted by atomic mass is 9.96. The van der Waals surface area contributed by atoms with Crippen LogP contribution in [0, 0.1) is 5.92 Å². The van der Waals surface area contributed by atoms with Gasteiger partial charge >= 0.3 is 6.36 Å². The average molecular weight is 461 g/mol. The highest BCUT2D eigenvalue weighted by Gasteiger charge is 2.31. The van der Waals surface area contributed by atoms with Crippen molar-refractivity contribution >= 4 is 17.3 Å². The van der Waals surface area contributed by atoms with Crippen molar-refractivity contribution in [1.82, 2.24) is 14.8 Å². The molecule has 2 aliphatic heterocycles. The van der Waals surface area contributed by atoms with Crippen LogP contribution in [0.1, 0.15) is 18.4 Å². The van der Waals surface area contributed by atoms with Gasteiger partial charge in [-0.3, -0.25) is 9.78 Å². The monoisotopic (exact) mass is 461 g/mol. The Kier molecular flexibility index (Phi) is 6.73. The fourth-order valence-electron chi connectivity index (χ4n) is 3.97. The molecule has 1 amide bonds. The molecule has 33 heavy (non-hydrogen) atoms. The molecule has 0 aliphatic carbocycles. The largest absolute Gasteiger partial charge is 0.573 e. The summed E-state index contributed by atoms with van der Waals surface area (Å²) in [6.07, 6.45) is 4.09. The quantitative estimate of drug-likeness (QED) is 0.702. The number of pyridine rings is 1. The number of nitrogens with one attached hydrogen (secondary N) is 1. The van der Waals surface area contributed by atoms with Crippen LogP contribution in [-0.2, 0) is 11.3 Å². The maximum Gasteiger partial charge on any atom is 0.573 e. The van der Waals surface area contributed by atoms with Crippen LogP contribution in [0.15, 0.2) is 55.1 Å². The first-order valence-corrected chi connectivity index (χ1v) is 10.7. The van der Waals surface area contributed by atoms with Crippen LogP contribution in [0.4, 0.5) is 24.5 Å². The number of carbonyl (C=O) groups excluding carboxylic acids is 1. The highest BCUT2D eigenvalue weighted by atomic mass is 19.4. The zero-order valence-corrected chi connectivity index (χ0v) is 18.3. The number of hydrogen-bond donors (Lipinski definition) is 1. The number of aromatic nitrogens is 1. The lowest BCUT2D eigenvalue weighted by Gasteiger charge is -2.28. The number of piperidine rings is 1. The van der Waals surface area contributed by atoms with Crippen molar-refractivity contribution in [3.63, 3.8) is 0 Å². The van der Waals surface area contributed by atoms with Crippen LogP contribution in [0.5, 0.6) is 5.75 Å². The first-order chi connectivity index (χ1) is 15.8. The molecule has 2 aliphatic rings. The summed E-state index contributed by atoms with van der Waals surface area (Å²) in [6.45, 7) is 2.89. The topological polar surface area (TPSA) is 60.9 Å². The minimum Gasteiger partial charge on any atom is -0.406 e. The second kappa shape index (κ2) is 9.70. The number of amides is 1. The third kappa shape index (κ3) is 6.16. The molecule has 0 spiro atoms. The van der Waals surface area contributed by atoms with Gasteiger partial charge in [0, 0.05) is 36.7 Å². The van der Waals surface area contributed by atoms with E-state index in [0.29, 0.717) is 18.9 Å². The summed E-state index contributed by atoms with van der Waals surface area (Å²) in [4.78, 5) is 23.1. The highest BCUT2D eigenvalue weighted by Crippen LogP contribution is 2.28. The molecule has 10 heteroatoms. The van der Waals surface area contributed by atoms with Gasteiger partial charge in [0.15, 0.2) is 0 Å². The standard InChI is InChI=1S/C23H26F3N5O2/c1-29-10-7-17(8-11-29)22(32)28-21-14-27-9-6-18(21)15-30-12-13-31(16-30)19-2-4-20(5-3-19)33-23(24,25)26/h2-6,9,12-14,17H,7-8,10-11,15-16H2,1H3,(H,28,32). The number of ether oxygens (including phenoxy) is 1. The Labute approximate surface area is 190 Å². The first-order valence-electron chi connectivity index (χ1n) is 10.7. The van der Waals surface area contributed by atoms with E-state index in [1.54, 1.807) is 24.5 Å². The van der Waals surface area contributed by atoms with Gasteiger partial charge in [0.1, 0.15) is 5.75 Å². The molecule has 0 bridgehead atoms. The van der Waals surface area contributed by atoms with Crippen molar-refractivity contribution in [2.45, 2.75) is 25.7 Å². The molecular weight excluding hydrogens is 435 g/mol. The van der Waals surface area contributed by atoms with Gasteiger partial charge in [-0.05, 0) is 68.9 Å². The van der Waals surface area contributed by atoms with Gasteiger partial charge in [-0.25, -0.2) is 0 Å². The van der Waals surface area contributed by atoms with Gasteiger partial charge in [-0.15, -0.1) is 13.2 Å². The van der Waals surface area contributed by atoms with E-state index in [-0.39, 0.29) is 17.6 Å². The Morgan fingerprint density at radius 3 is 2.58 bits per heavy atom. The molecule has 2 aromatic rings.